The first-order chi connectivity index (χ1) is 8.66. The second-order valence-corrected chi connectivity index (χ2v) is 5.32. The van der Waals surface area contributed by atoms with Gasteiger partial charge in [0, 0.05) is 23.1 Å². The summed E-state index contributed by atoms with van der Waals surface area (Å²) in [7, 11) is 0. The van der Waals surface area contributed by atoms with Crippen LogP contribution >= 0.6 is 28.3 Å². The molecule has 0 saturated carbocycles. The summed E-state index contributed by atoms with van der Waals surface area (Å²) in [5, 5.41) is 6.21. The summed E-state index contributed by atoms with van der Waals surface area (Å²) in [6.45, 7) is 4.55. The van der Waals surface area contributed by atoms with Crippen molar-refractivity contribution in [3.05, 3.63) is 45.4 Å². The summed E-state index contributed by atoms with van der Waals surface area (Å²) in [5.74, 6) is -0.0184. The maximum absolute atomic E-state index is 12.0. The van der Waals surface area contributed by atoms with Gasteiger partial charge >= 0.3 is 0 Å². The Morgan fingerprint density at radius 1 is 1.47 bits per heavy atom. The molecule has 2 N–H and O–H groups in total. The molecule has 1 aliphatic heterocycles. The third-order valence-corrected chi connectivity index (χ3v) is 3.92. The third-order valence-electron chi connectivity index (χ3n) is 3.07. The molecule has 0 atom stereocenters. The van der Waals surface area contributed by atoms with Crippen molar-refractivity contribution in [2.45, 2.75) is 13.3 Å². The molecule has 0 fully saturated rings. The second-order valence-electron chi connectivity index (χ2n) is 4.46. The number of nitrogens with one attached hydrogen (secondary N) is 2. The van der Waals surface area contributed by atoms with Crippen molar-refractivity contribution in [3.63, 3.8) is 0 Å². The molecule has 3 nitrogen and oxygen atoms in total. The number of rotatable bonds is 3. The molecule has 1 amide bonds. The molecule has 0 aromatic heterocycles. The molecule has 0 radical (unpaired) electrons. The van der Waals surface area contributed by atoms with Crippen LogP contribution in [-0.2, 0) is 0 Å². The number of hydrogen-bond donors (Lipinski definition) is 2. The summed E-state index contributed by atoms with van der Waals surface area (Å²) in [6, 6.07) is 5.66. The van der Waals surface area contributed by atoms with E-state index in [4.69, 9.17) is 0 Å². The minimum absolute atomic E-state index is 0. The minimum atomic E-state index is -0.0184. The monoisotopic (exact) mass is 344 g/mol. The summed E-state index contributed by atoms with van der Waals surface area (Å²) in [4.78, 5) is 12.0. The Labute approximate surface area is 128 Å². The van der Waals surface area contributed by atoms with E-state index in [1.807, 2.05) is 25.1 Å². The first-order valence-electron chi connectivity index (χ1n) is 6.10. The largest absolute Gasteiger partial charge is 0.348 e. The average molecular weight is 346 g/mol. The van der Waals surface area contributed by atoms with E-state index < -0.39 is 0 Å². The Morgan fingerprint density at radius 3 is 2.89 bits per heavy atom. The van der Waals surface area contributed by atoms with E-state index in [0.29, 0.717) is 12.1 Å². The normalized spacial score (nSPS) is 14.3. The molecule has 19 heavy (non-hydrogen) atoms. The maximum atomic E-state index is 12.0. The number of benzene rings is 1. The van der Waals surface area contributed by atoms with Crippen molar-refractivity contribution in [3.8, 4) is 0 Å². The zero-order chi connectivity index (χ0) is 13.0. The Morgan fingerprint density at radius 2 is 2.26 bits per heavy atom. The van der Waals surface area contributed by atoms with Crippen molar-refractivity contribution in [1.82, 2.24) is 10.6 Å². The molecule has 104 valence electrons. The van der Waals surface area contributed by atoms with Crippen molar-refractivity contribution < 1.29 is 4.79 Å². The maximum Gasteiger partial charge on any atom is 0.251 e. The Balaban J connectivity index is 0.00000180. The van der Waals surface area contributed by atoms with Gasteiger partial charge in [-0.25, -0.2) is 0 Å². The number of aryl methyl sites for hydroxylation is 1. The van der Waals surface area contributed by atoms with Crippen LogP contribution in [0.25, 0.3) is 0 Å². The standard InChI is InChI=1S/C14H17BrN2O.ClH/c1-10-2-3-12(8-13(10)15)14(18)17-9-11-4-6-16-7-5-11;/h2-4,8,16H,5-7,9H2,1H3,(H,17,18);1H. The smallest absolute Gasteiger partial charge is 0.251 e. The summed E-state index contributed by atoms with van der Waals surface area (Å²) in [5.41, 5.74) is 3.13. The van der Waals surface area contributed by atoms with Gasteiger partial charge in [0.25, 0.3) is 5.91 Å². The minimum Gasteiger partial charge on any atom is -0.348 e. The van der Waals surface area contributed by atoms with Crippen molar-refractivity contribution in [1.29, 1.82) is 0 Å². The van der Waals surface area contributed by atoms with E-state index in [9.17, 15) is 4.79 Å². The fourth-order valence-electron chi connectivity index (χ4n) is 1.86. The van der Waals surface area contributed by atoms with Crippen LogP contribution < -0.4 is 10.6 Å². The fraction of sp³-hybridized carbons (Fsp3) is 0.357. The van der Waals surface area contributed by atoms with Gasteiger partial charge in [-0.2, -0.15) is 0 Å². The fourth-order valence-corrected chi connectivity index (χ4v) is 2.24. The SMILES string of the molecule is Cc1ccc(C(=O)NCC2=CCNCC2)cc1Br.Cl. The van der Waals surface area contributed by atoms with Gasteiger partial charge in [-0.3, -0.25) is 4.79 Å². The van der Waals surface area contributed by atoms with Crippen LogP contribution in [-0.4, -0.2) is 25.5 Å². The summed E-state index contributed by atoms with van der Waals surface area (Å²) >= 11 is 3.44. The van der Waals surface area contributed by atoms with Gasteiger partial charge in [0.1, 0.15) is 0 Å². The van der Waals surface area contributed by atoms with Crippen molar-refractivity contribution >= 4 is 34.2 Å². The van der Waals surface area contributed by atoms with Crippen molar-refractivity contribution in [2.75, 3.05) is 19.6 Å². The van der Waals surface area contributed by atoms with E-state index in [1.165, 1.54) is 5.57 Å². The highest BCUT2D eigenvalue weighted by atomic mass is 79.9. The van der Waals surface area contributed by atoms with Crippen LogP contribution in [0.1, 0.15) is 22.3 Å². The highest BCUT2D eigenvalue weighted by Crippen LogP contribution is 2.17. The number of halogens is 2. The van der Waals surface area contributed by atoms with Gasteiger partial charge in [-0.15, -0.1) is 12.4 Å². The van der Waals surface area contributed by atoms with E-state index in [0.717, 1.165) is 29.5 Å². The Bertz CT molecular complexity index is 488. The molecular formula is C14H18BrClN2O. The van der Waals surface area contributed by atoms with Crippen LogP contribution in [0.15, 0.2) is 34.3 Å². The molecule has 0 unspecified atom stereocenters. The molecule has 0 aliphatic carbocycles. The lowest BCUT2D eigenvalue weighted by atomic mass is 10.1. The average Bonchev–Trinajstić information content (AvgIpc) is 2.40. The molecule has 0 saturated heterocycles. The molecule has 1 aliphatic rings. The molecule has 1 aromatic carbocycles. The molecule has 2 rings (SSSR count). The molecule has 1 heterocycles. The molecule has 1 aromatic rings. The number of carbonyl (C=O) groups is 1. The molecular weight excluding hydrogens is 328 g/mol. The van der Waals surface area contributed by atoms with E-state index in [-0.39, 0.29) is 18.3 Å². The number of amides is 1. The van der Waals surface area contributed by atoms with Gasteiger partial charge in [0.15, 0.2) is 0 Å². The molecule has 5 heteroatoms. The second kappa shape index (κ2) is 7.68. The zero-order valence-corrected chi connectivity index (χ0v) is 13.2. The first kappa shape index (κ1) is 16.2. The zero-order valence-electron chi connectivity index (χ0n) is 10.8. The number of hydrogen-bond acceptors (Lipinski definition) is 2. The van der Waals surface area contributed by atoms with E-state index in [2.05, 4.69) is 32.6 Å². The Hall–Kier alpha value is -0.840. The number of carbonyl (C=O) groups excluding carboxylic acids is 1. The topological polar surface area (TPSA) is 41.1 Å². The summed E-state index contributed by atoms with van der Waals surface area (Å²) in [6.07, 6.45) is 3.16. The molecule has 0 spiro atoms. The van der Waals surface area contributed by atoms with Crippen LogP contribution in [0, 0.1) is 6.92 Å². The lowest BCUT2D eigenvalue weighted by Crippen LogP contribution is -2.29. The van der Waals surface area contributed by atoms with Crippen molar-refractivity contribution in [2.24, 2.45) is 0 Å². The predicted molar refractivity (Wildman–Crippen MR) is 84.0 cm³/mol. The van der Waals surface area contributed by atoms with Gasteiger partial charge in [0.2, 0.25) is 0 Å². The third kappa shape index (κ3) is 4.64. The van der Waals surface area contributed by atoms with Crippen LogP contribution in [0.2, 0.25) is 0 Å². The lowest BCUT2D eigenvalue weighted by Gasteiger charge is -2.14. The van der Waals surface area contributed by atoms with Crippen LogP contribution in [0.5, 0.6) is 0 Å². The van der Waals surface area contributed by atoms with Gasteiger partial charge < -0.3 is 10.6 Å². The highest BCUT2D eigenvalue weighted by molar-refractivity contribution is 9.10. The highest BCUT2D eigenvalue weighted by Gasteiger charge is 2.08. The van der Waals surface area contributed by atoms with E-state index >= 15 is 0 Å². The van der Waals surface area contributed by atoms with E-state index in [1.54, 1.807) is 0 Å². The van der Waals surface area contributed by atoms with Gasteiger partial charge in [-0.1, -0.05) is 33.6 Å². The first-order valence-corrected chi connectivity index (χ1v) is 6.89. The molecule has 0 bridgehead atoms. The predicted octanol–water partition coefficient (Wildman–Crippen LogP) is 2.83. The van der Waals surface area contributed by atoms with Gasteiger partial charge in [-0.05, 0) is 37.6 Å². The summed E-state index contributed by atoms with van der Waals surface area (Å²) < 4.78 is 0.969. The lowest BCUT2D eigenvalue weighted by molar-refractivity contribution is 0.0956. The quantitative estimate of drug-likeness (QED) is 0.827. The van der Waals surface area contributed by atoms with Crippen LogP contribution in [0.4, 0.5) is 0 Å². The van der Waals surface area contributed by atoms with Gasteiger partial charge in [0.05, 0.1) is 0 Å². The van der Waals surface area contributed by atoms with Crippen LogP contribution in [0.3, 0.4) is 0 Å². The Kier molecular flexibility index (Phi) is 6.55.